The first kappa shape index (κ1) is 16.6. The molecule has 1 aromatic carbocycles. The first-order valence-electron chi connectivity index (χ1n) is 7.87. The smallest absolute Gasteiger partial charge is 0.249 e. The van der Waals surface area contributed by atoms with Crippen LogP contribution in [0, 0.1) is 0 Å². The molecule has 0 unspecified atom stereocenters. The summed E-state index contributed by atoms with van der Waals surface area (Å²) >= 11 is 0. The highest BCUT2D eigenvalue weighted by Gasteiger charge is 2.10. The predicted octanol–water partition coefficient (Wildman–Crippen LogP) is 2.39. The van der Waals surface area contributed by atoms with Crippen molar-refractivity contribution >= 4 is 5.91 Å². The minimum atomic E-state index is -0.0723. The second-order valence-corrected chi connectivity index (χ2v) is 5.37. The standard InChI is InChI=1S/C18H18N4O3/c1-24-15-6-4-13(5-7-15)11-20-16(23)8-9-17-21-22-18(25-17)14-3-2-10-19-12-14/h2-7,10,12H,8-9,11H2,1H3,(H,20,23). The molecule has 3 rings (SSSR count). The molecule has 128 valence electrons. The van der Waals surface area contributed by atoms with E-state index in [9.17, 15) is 4.79 Å². The third-order valence-corrected chi connectivity index (χ3v) is 3.59. The zero-order valence-electron chi connectivity index (χ0n) is 13.8. The van der Waals surface area contributed by atoms with Gasteiger partial charge >= 0.3 is 0 Å². The normalized spacial score (nSPS) is 10.4. The Morgan fingerprint density at radius 3 is 2.76 bits per heavy atom. The van der Waals surface area contributed by atoms with Crippen LogP contribution in [0.3, 0.4) is 0 Å². The lowest BCUT2D eigenvalue weighted by Gasteiger charge is -2.05. The van der Waals surface area contributed by atoms with E-state index in [2.05, 4.69) is 20.5 Å². The number of benzene rings is 1. The van der Waals surface area contributed by atoms with Gasteiger partial charge in [-0.1, -0.05) is 12.1 Å². The summed E-state index contributed by atoms with van der Waals surface area (Å²) in [5.41, 5.74) is 1.76. The van der Waals surface area contributed by atoms with E-state index in [-0.39, 0.29) is 12.3 Å². The lowest BCUT2D eigenvalue weighted by atomic mass is 10.2. The van der Waals surface area contributed by atoms with Crippen molar-refractivity contribution in [1.29, 1.82) is 0 Å². The number of carbonyl (C=O) groups excluding carboxylic acids is 1. The highest BCUT2D eigenvalue weighted by Crippen LogP contribution is 2.16. The molecule has 0 aliphatic carbocycles. The second kappa shape index (κ2) is 8.05. The Bertz CT molecular complexity index is 816. The van der Waals surface area contributed by atoms with Gasteiger partial charge in [0.25, 0.3) is 0 Å². The minimum absolute atomic E-state index is 0.0723. The summed E-state index contributed by atoms with van der Waals surface area (Å²) in [5.74, 6) is 1.55. The maximum absolute atomic E-state index is 12.0. The first-order chi connectivity index (χ1) is 12.2. The van der Waals surface area contributed by atoms with Crippen LogP contribution in [0.5, 0.6) is 5.75 Å². The molecule has 0 saturated heterocycles. The summed E-state index contributed by atoms with van der Waals surface area (Å²) in [6, 6.07) is 11.2. The molecule has 0 saturated carbocycles. The highest BCUT2D eigenvalue weighted by molar-refractivity contribution is 5.76. The molecule has 0 atom stereocenters. The average Bonchev–Trinajstić information content (AvgIpc) is 3.15. The molecule has 0 spiro atoms. The van der Waals surface area contributed by atoms with Crippen molar-refractivity contribution in [2.24, 2.45) is 0 Å². The van der Waals surface area contributed by atoms with E-state index >= 15 is 0 Å². The zero-order chi connectivity index (χ0) is 17.5. The summed E-state index contributed by atoms with van der Waals surface area (Å²) in [5, 5.41) is 10.8. The van der Waals surface area contributed by atoms with Crippen LogP contribution >= 0.6 is 0 Å². The van der Waals surface area contributed by atoms with Crippen molar-refractivity contribution in [3.63, 3.8) is 0 Å². The molecule has 7 heteroatoms. The molecule has 2 aromatic heterocycles. The number of rotatable bonds is 7. The molecule has 7 nitrogen and oxygen atoms in total. The van der Waals surface area contributed by atoms with Gasteiger partial charge in [-0.3, -0.25) is 9.78 Å². The van der Waals surface area contributed by atoms with Crippen molar-refractivity contribution in [3.05, 3.63) is 60.2 Å². The summed E-state index contributed by atoms with van der Waals surface area (Å²) in [6.07, 6.45) is 4.00. The maximum atomic E-state index is 12.0. The molecule has 25 heavy (non-hydrogen) atoms. The minimum Gasteiger partial charge on any atom is -0.497 e. The van der Waals surface area contributed by atoms with Crippen LogP contribution in [-0.2, 0) is 17.8 Å². The summed E-state index contributed by atoms with van der Waals surface area (Å²) in [7, 11) is 1.62. The fourth-order valence-electron chi connectivity index (χ4n) is 2.21. The van der Waals surface area contributed by atoms with Crippen LogP contribution in [0.2, 0.25) is 0 Å². The number of aromatic nitrogens is 3. The van der Waals surface area contributed by atoms with Gasteiger partial charge in [-0.15, -0.1) is 10.2 Å². The van der Waals surface area contributed by atoms with Crippen LogP contribution < -0.4 is 10.1 Å². The number of hydrogen-bond donors (Lipinski definition) is 1. The van der Waals surface area contributed by atoms with Crippen LogP contribution in [0.15, 0.2) is 53.2 Å². The molecule has 1 amide bonds. The van der Waals surface area contributed by atoms with Gasteiger partial charge in [-0.2, -0.15) is 0 Å². The average molecular weight is 338 g/mol. The number of nitrogens with zero attached hydrogens (tertiary/aromatic N) is 3. The van der Waals surface area contributed by atoms with Gasteiger partial charge in [0.1, 0.15) is 5.75 Å². The van der Waals surface area contributed by atoms with Crippen molar-refractivity contribution in [3.8, 4) is 17.2 Å². The molecule has 2 heterocycles. The zero-order valence-corrected chi connectivity index (χ0v) is 13.8. The van der Waals surface area contributed by atoms with Crippen molar-refractivity contribution in [2.75, 3.05) is 7.11 Å². The number of pyridine rings is 1. The van der Waals surface area contributed by atoms with E-state index in [0.717, 1.165) is 16.9 Å². The molecule has 0 aliphatic heterocycles. The number of carbonyl (C=O) groups is 1. The molecular weight excluding hydrogens is 320 g/mol. The fourth-order valence-corrected chi connectivity index (χ4v) is 2.21. The lowest BCUT2D eigenvalue weighted by molar-refractivity contribution is -0.121. The molecule has 0 fully saturated rings. The Labute approximate surface area is 145 Å². The summed E-state index contributed by atoms with van der Waals surface area (Å²) in [6.45, 7) is 0.466. The third-order valence-electron chi connectivity index (χ3n) is 3.59. The van der Waals surface area contributed by atoms with E-state index in [1.807, 2.05) is 30.3 Å². The van der Waals surface area contributed by atoms with Crippen LogP contribution in [0.1, 0.15) is 17.9 Å². The van der Waals surface area contributed by atoms with E-state index < -0.39 is 0 Å². The molecule has 0 bridgehead atoms. The SMILES string of the molecule is COc1ccc(CNC(=O)CCc2nnc(-c3cccnc3)o2)cc1. The van der Waals surface area contributed by atoms with Gasteiger partial charge in [0.05, 0.1) is 12.7 Å². The number of nitrogens with one attached hydrogen (secondary N) is 1. The number of amides is 1. The second-order valence-electron chi connectivity index (χ2n) is 5.37. The van der Waals surface area contributed by atoms with E-state index in [0.29, 0.717) is 24.7 Å². The van der Waals surface area contributed by atoms with Gasteiger partial charge in [-0.25, -0.2) is 0 Å². The van der Waals surface area contributed by atoms with Gasteiger partial charge in [0.2, 0.25) is 17.7 Å². The van der Waals surface area contributed by atoms with E-state index in [4.69, 9.17) is 9.15 Å². The Morgan fingerprint density at radius 1 is 1.20 bits per heavy atom. The Morgan fingerprint density at radius 2 is 2.04 bits per heavy atom. The van der Waals surface area contributed by atoms with Crippen LogP contribution in [-0.4, -0.2) is 28.2 Å². The van der Waals surface area contributed by atoms with E-state index in [1.165, 1.54) is 0 Å². The summed E-state index contributed by atoms with van der Waals surface area (Å²) < 4.78 is 10.7. The van der Waals surface area contributed by atoms with Crippen molar-refractivity contribution in [1.82, 2.24) is 20.5 Å². The molecular formula is C18H18N4O3. The Balaban J connectivity index is 1.46. The number of hydrogen-bond acceptors (Lipinski definition) is 6. The molecule has 0 radical (unpaired) electrons. The van der Waals surface area contributed by atoms with E-state index in [1.54, 1.807) is 25.6 Å². The quantitative estimate of drug-likeness (QED) is 0.711. The monoisotopic (exact) mass is 338 g/mol. The number of methoxy groups -OCH3 is 1. The van der Waals surface area contributed by atoms with Crippen molar-refractivity contribution < 1.29 is 13.9 Å². The number of ether oxygens (including phenoxy) is 1. The van der Waals surface area contributed by atoms with Gasteiger partial charge in [0, 0.05) is 31.8 Å². The largest absolute Gasteiger partial charge is 0.497 e. The molecule has 0 aliphatic rings. The van der Waals surface area contributed by atoms with Crippen LogP contribution in [0.4, 0.5) is 0 Å². The maximum Gasteiger partial charge on any atom is 0.249 e. The number of aryl methyl sites for hydroxylation is 1. The topological polar surface area (TPSA) is 90.1 Å². The van der Waals surface area contributed by atoms with Crippen LogP contribution in [0.25, 0.3) is 11.5 Å². The molecule has 3 aromatic rings. The van der Waals surface area contributed by atoms with Gasteiger partial charge in [-0.05, 0) is 29.8 Å². The lowest BCUT2D eigenvalue weighted by Crippen LogP contribution is -2.23. The first-order valence-corrected chi connectivity index (χ1v) is 7.87. The summed E-state index contributed by atoms with van der Waals surface area (Å²) in [4.78, 5) is 16.0. The molecule has 1 N–H and O–H groups in total. The van der Waals surface area contributed by atoms with Gasteiger partial charge in [0.15, 0.2) is 0 Å². The fraction of sp³-hybridized carbons (Fsp3) is 0.222. The highest BCUT2D eigenvalue weighted by atomic mass is 16.5. The predicted molar refractivity (Wildman–Crippen MR) is 90.7 cm³/mol. The Kier molecular flexibility index (Phi) is 5.36. The Hall–Kier alpha value is -3.22. The third kappa shape index (κ3) is 4.63. The van der Waals surface area contributed by atoms with Gasteiger partial charge < -0.3 is 14.5 Å². The van der Waals surface area contributed by atoms with Crippen molar-refractivity contribution in [2.45, 2.75) is 19.4 Å².